The Morgan fingerprint density at radius 2 is 2.17 bits per heavy atom. The van der Waals surface area contributed by atoms with Crippen molar-refractivity contribution in [3.63, 3.8) is 0 Å². The van der Waals surface area contributed by atoms with Crippen LogP contribution in [0.2, 0.25) is 0 Å². The van der Waals surface area contributed by atoms with E-state index in [0.717, 1.165) is 6.42 Å². The second kappa shape index (κ2) is 5.50. The van der Waals surface area contributed by atoms with Gasteiger partial charge < -0.3 is 15.8 Å². The molecule has 1 aromatic carbocycles. The van der Waals surface area contributed by atoms with E-state index in [1.165, 1.54) is 11.1 Å². The zero-order chi connectivity index (χ0) is 13.0. The number of benzene rings is 1. The Labute approximate surface area is 108 Å². The van der Waals surface area contributed by atoms with Gasteiger partial charge in [0, 0.05) is 13.1 Å². The van der Waals surface area contributed by atoms with E-state index in [1.54, 1.807) is 0 Å². The van der Waals surface area contributed by atoms with E-state index in [4.69, 9.17) is 10.5 Å². The minimum atomic E-state index is -0.480. The van der Waals surface area contributed by atoms with Crippen LogP contribution >= 0.6 is 0 Å². The van der Waals surface area contributed by atoms with Crippen molar-refractivity contribution in [3.8, 4) is 0 Å². The highest BCUT2D eigenvalue weighted by Crippen LogP contribution is 2.25. The molecule has 1 aliphatic rings. The van der Waals surface area contributed by atoms with E-state index in [1.807, 2.05) is 12.1 Å². The smallest absolute Gasteiger partial charge is 0.232 e. The number of hydrogen-bond acceptors (Lipinski definition) is 3. The summed E-state index contributed by atoms with van der Waals surface area (Å²) in [5.41, 5.74) is 7.68. The van der Waals surface area contributed by atoms with Crippen molar-refractivity contribution in [2.45, 2.75) is 13.3 Å². The molecule has 0 atom stereocenters. The molecule has 0 saturated carbocycles. The first kappa shape index (κ1) is 13.1. The van der Waals surface area contributed by atoms with Crippen LogP contribution in [0.5, 0.6) is 0 Å². The molecule has 98 valence electrons. The average molecular weight is 248 g/mol. The maximum absolute atomic E-state index is 12.0. The van der Waals surface area contributed by atoms with Gasteiger partial charge in [-0.05, 0) is 24.5 Å². The predicted molar refractivity (Wildman–Crippen MR) is 70.2 cm³/mol. The van der Waals surface area contributed by atoms with E-state index < -0.39 is 5.41 Å². The molecular weight excluding hydrogens is 228 g/mol. The maximum atomic E-state index is 12.0. The van der Waals surface area contributed by atoms with Crippen LogP contribution in [0.3, 0.4) is 0 Å². The van der Waals surface area contributed by atoms with Crippen LogP contribution in [0.15, 0.2) is 24.3 Å². The van der Waals surface area contributed by atoms with Gasteiger partial charge in [-0.3, -0.25) is 4.79 Å². The second-order valence-corrected chi connectivity index (χ2v) is 4.91. The number of ether oxygens (including phenoxy) is 1. The van der Waals surface area contributed by atoms with E-state index in [9.17, 15) is 4.79 Å². The zero-order valence-corrected chi connectivity index (χ0v) is 10.7. The molecule has 4 nitrogen and oxygen atoms in total. The van der Waals surface area contributed by atoms with Gasteiger partial charge in [0.1, 0.15) is 5.41 Å². The van der Waals surface area contributed by atoms with Crippen LogP contribution in [0, 0.1) is 12.3 Å². The van der Waals surface area contributed by atoms with Crippen LogP contribution in [0.1, 0.15) is 11.1 Å². The molecule has 1 fully saturated rings. The molecule has 0 radical (unpaired) electrons. The van der Waals surface area contributed by atoms with Gasteiger partial charge in [-0.15, -0.1) is 0 Å². The fourth-order valence-corrected chi connectivity index (χ4v) is 2.08. The monoisotopic (exact) mass is 248 g/mol. The van der Waals surface area contributed by atoms with Gasteiger partial charge in [0.05, 0.1) is 13.2 Å². The third-order valence-corrected chi connectivity index (χ3v) is 3.57. The van der Waals surface area contributed by atoms with Crippen molar-refractivity contribution in [1.82, 2.24) is 5.32 Å². The Balaban J connectivity index is 1.82. The molecule has 0 aliphatic carbocycles. The first-order chi connectivity index (χ1) is 8.68. The van der Waals surface area contributed by atoms with Crippen molar-refractivity contribution in [2.75, 3.05) is 26.3 Å². The highest BCUT2D eigenvalue weighted by Gasteiger charge is 2.44. The molecular formula is C14H20N2O2. The zero-order valence-electron chi connectivity index (χ0n) is 10.7. The number of nitrogens with one attached hydrogen (secondary N) is 1. The SMILES string of the molecule is Cc1ccccc1CCNC(=O)C1(CN)COC1. The topological polar surface area (TPSA) is 64.4 Å². The van der Waals surface area contributed by atoms with Crippen molar-refractivity contribution in [2.24, 2.45) is 11.1 Å². The highest BCUT2D eigenvalue weighted by atomic mass is 16.5. The molecule has 1 aliphatic heterocycles. The van der Waals surface area contributed by atoms with Gasteiger partial charge in [0.2, 0.25) is 5.91 Å². The largest absolute Gasteiger partial charge is 0.379 e. The summed E-state index contributed by atoms with van der Waals surface area (Å²) in [5.74, 6) is 0.0184. The van der Waals surface area contributed by atoms with Gasteiger partial charge in [-0.2, -0.15) is 0 Å². The van der Waals surface area contributed by atoms with E-state index in [2.05, 4.69) is 24.4 Å². The number of amides is 1. The van der Waals surface area contributed by atoms with Gasteiger partial charge in [0.25, 0.3) is 0 Å². The normalized spacial score (nSPS) is 17.0. The lowest BCUT2D eigenvalue weighted by Gasteiger charge is -2.38. The third kappa shape index (κ3) is 2.54. The molecule has 0 spiro atoms. The summed E-state index contributed by atoms with van der Waals surface area (Å²) in [4.78, 5) is 12.0. The van der Waals surface area contributed by atoms with E-state index in [0.29, 0.717) is 26.3 Å². The number of aryl methyl sites for hydroxylation is 1. The number of rotatable bonds is 5. The van der Waals surface area contributed by atoms with E-state index >= 15 is 0 Å². The van der Waals surface area contributed by atoms with Crippen molar-refractivity contribution < 1.29 is 9.53 Å². The molecule has 1 aromatic rings. The molecule has 3 N–H and O–H groups in total. The molecule has 0 unspecified atom stereocenters. The van der Waals surface area contributed by atoms with Crippen LogP contribution in [-0.4, -0.2) is 32.2 Å². The Morgan fingerprint density at radius 1 is 1.44 bits per heavy atom. The van der Waals surface area contributed by atoms with Gasteiger partial charge >= 0.3 is 0 Å². The molecule has 2 rings (SSSR count). The number of carbonyl (C=O) groups is 1. The lowest BCUT2D eigenvalue weighted by Crippen LogP contribution is -2.58. The molecule has 0 aromatic heterocycles. The highest BCUT2D eigenvalue weighted by molar-refractivity contribution is 5.84. The van der Waals surface area contributed by atoms with Gasteiger partial charge in [-0.1, -0.05) is 24.3 Å². The molecule has 4 heteroatoms. The van der Waals surface area contributed by atoms with Gasteiger partial charge in [0.15, 0.2) is 0 Å². The second-order valence-electron chi connectivity index (χ2n) is 4.91. The van der Waals surface area contributed by atoms with Crippen molar-refractivity contribution in [3.05, 3.63) is 35.4 Å². The van der Waals surface area contributed by atoms with Crippen LogP contribution in [0.25, 0.3) is 0 Å². The quantitative estimate of drug-likeness (QED) is 0.803. The minimum absolute atomic E-state index is 0.0184. The fraction of sp³-hybridized carbons (Fsp3) is 0.500. The number of nitrogens with two attached hydrogens (primary N) is 1. The summed E-state index contributed by atoms with van der Waals surface area (Å²) in [6.07, 6.45) is 0.847. The van der Waals surface area contributed by atoms with Crippen LogP contribution < -0.4 is 11.1 Å². The third-order valence-electron chi connectivity index (χ3n) is 3.57. The van der Waals surface area contributed by atoms with Crippen molar-refractivity contribution >= 4 is 5.91 Å². The minimum Gasteiger partial charge on any atom is -0.379 e. The first-order valence-electron chi connectivity index (χ1n) is 6.28. The summed E-state index contributed by atoms with van der Waals surface area (Å²) in [5, 5.41) is 2.95. The maximum Gasteiger partial charge on any atom is 0.232 e. The van der Waals surface area contributed by atoms with Crippen LogP contribution in [-0.2, 0) is 16.0 Å². The molecule has 0 bridgehead atoms. The summed E-state index contributed by atoms with van der Waals surface area (Å²) in [7, 11) is 0. The summed E-state index contributed by atoms with van der Waals surface area (Å²) in [6.45, 7) is 3.96. The van der Waals surface area contributed by atoms with Crippen LogP contribution in [0.4, 0.5) is 0 Å². The Morgan fingerprint density at radius 3 is 2.72 bits per heavy atom. The summed E-state index contributed by atoms with van der Waals surface area (Å²) >= 11 is 0. The number of carbonyl (C=O) groups excluding carboxylic acids is 1. The van der Waals surface area contributed by atoms with Gasteiger partial charge in [-0.25, -0.2) is 0 Å². The Kier molecular flexibility index (Phi) is 3.99. The standard InChI is InChI=1S/C14H20N2O2/c1-11-4-2-3-5-12(11)6-7-16-13(17)14(8-15)9-18-10-14/h2-5H,6-10,15H2,1H3,(H,16,17). The lowest BCUT2D eigenvalue weighted by molar-refractivity contribution is -0.159. The average Bonchev–Trinajstić information content (AvgIpc) is 2.31. The Bertz CT molecular complexity index is 422. The predicted octanol–water partition coefficient (Wildman–Crippen LogP) is 0.629. The molecule has 1 heterocycles. The number of hydrogen-bond donors (Lipinski definition) is 2. The Hall–Kier alpha value is -1.39. The lowest BCUT2D eigenvalue weighted by atomic mass is 9.85. The summed E-state index contributed by atoms with van der Waals surface area (Å²) < 4.78 is 5.09. The van der Waals surface area contributed by atoms with Crippen molar-refractivity contribution in [1.29, 1.82) is 0 Å². The summed E-state index contributed by atoms with van der Waals surface area (Å²) in [6, 6.07) is 8.21. The van der Waals surface area contributed by atoms with E-state index in [-0.39, 0.29) is 5.91 Å². The molecule has 18 heavy (non-hydrogen) atoms. The molecule has 1 amide bonds. The fourth-order valence-electron chi connectivity index (χ4n) is 2.08. The first-order valence-corrected chi connectivity index (χ1v) is 6.28. The molecule has 1 saturated heterocycles.